The summed E-state index contributed by atoms with van der Waals surface area (Å²) in [5, 5.41) is 16.1. The number of halogens is 2. The molecule has 0 unspecified atom stereocenters. The van der Waals surface area contributed by atoms with E-state index in [1.54, 1.807) is 0 Å². The van der Waals surface area contributed by atoms with Gasteiger partial charge in [0.1, 0.15) is 6.61 Å². The summed E-state index contributed by atoms with van der Waals surface area (Å²) in [6, 6.07) is 2.03. The Balaban J connectivity index is 2.05. The number of nitrogens with zero attached hydrogens (tertiary/aromatic N) is 1. The van der Waals surface area contributed by atoms with E-state index in [0.29, 0.717) is 29.5 Å². The van der Waals surface area contributed by atoms with Gasteiger partial charge in [-0.05, 0) is 73.5 Å². The molecule has 1 fully saturated rings. The summed E-state index contributed by atoms with van der Waals surface area (Å²) < 4.78 is 0. The van der Waals surface area contributed by atoms with Crippen LogP contribution in [0.4, 0.5) is 0 Å². The Morgan fingerprint density at radius 2 is 1.91 bits per heavy atom. The molecule has 0 saturated heterocycles. The Kier molecular flexibility index (Phi) is 8.43. The molecule has 4 nitrogen and oxygen atoms in total. The molecule has 6 heteroatoms. The lowest BCUT2D eigenvalue weighted by atomic mass is 9.49. The Morgan fingerprint density at radius 1 is 1.21 bits per heavy atom. The van der Waals surface area contributed by atoms with Crippen molar-refractivity contribution in [1.82, 2.24) is 0 Å². The standard InChI is InChI=1S/C27H39Cl2NO3/c1-6-7-8-9-10-14-33-30-20-16-21-26(4,12-11-13-27(21,5)25(31)32)18-15-19(28)22(17(2)3)24(29)23(18)20/h15,17,21H,6-14,16H2,1-5H3,(H,31,32)/b30-20+/t21-,26-,27-/m1/s1. The predicted molar refractivity (Wildman–Crippen MR) is 137 cm³/mol. The molecule has 0 spiro atoms. The van der Waals surface area contributed by atoms with Gasteiger partial charge in [0.05, 0.1) is 16.1 Å². The number of benzene rings is 1. The number of aliphatic carboxylic acids is 1. The van der Waals surface area contributed by atoms with Crippen LogP contribution in [0.2, 0.25) is 10.0 Å². The molecule has 33 heavy (non-hydrogen) atoms. The van der Waals surface area contributed by atoms with Crippen LogP contribution in [-0.2, 0) is 15.0 Å². The van der Waals surface area contributed by atoms with E-state index in [4.69, 9.17) is 28.0 Å². The van der Waals surface area contributed by atoms with Gasteiger partial charge in [-0.3, -0.25) is 4.79 Å². The number of carboxylic acids is 1. The molecular formula is C27H39Cl2NO3. The molecule has 0 aliphatic heterocycles. The maximum Gasteiger partial charge on any atom is 0.309 e. The van der Waals surface area contributed by atoms with E-state index in [9.17, 15) is 9.90 Å². The number of fused-ring (bicyclic) bond motifs is 3. The van der Waals surface area contributed by atoms with Crippen molar-refractivity contribution in [2.45, 2.75) is 104 Å². The van der Waals surface area contributed by atoms with Crippen LogP contribution in [-0.4, -0.2) is 23.4 Å². The molecule has 2 aliphatic rings. The first-order valence-electron chi connectivity index (χ1n) is 12.5. The third-order valence-electron chi connectivity index (χ3n) is 8.07. The molecule has 0 radical (unpaired) electrons. The Bertz CT molecular complexity index is 913. The highest BCUT2D eigenvalue weighted by molar-refractivity contribution is 6.39. The van der Waals surface area contributed by atoms with E-state index < -0.39 is 11.4 Å². The van der Waals surface area contributed by atoms with Gasteiger partial charge >= 0.3 is 5.97 Å². The van der Waals surface area contributed by atoms with Crippen LogP contribution in [0, 0.1) is 11.3 Å². The number of carbonyl (C=O) groups is 1. The van der Waals surface area contributed by atoms with Crippen LogP contribution >= 0.6 is 23.2 Å². The summed E-state index contributed by atoms with van der Waals surface area (Å²) in [6.45, 7) is 11.0. The van der Waals surface area contributed by atoms with E-state index in [1.165, 1.54) is 19.3 Å². The van der Waals surface area contributed by atoms with E-state index in [2.05, 4.69) is 32.9 Å². The molecular weight excluding hydrogens is 457 g/mol. The van der Waals surface area contributed by atoms with Gasteiger partial charge in [-0.2, -0.15) is 0 Å². The molecule has 2 aliphatic carbocycles. The average Bonchev–Trinajstić information content (AvgIpc) is 2.73. The minimum atomic E-state index is -0.832. The Labute approximate surface area is 209 Å². The first-order chi connectivity index (χ1) is 15.6. The number of hydrogen-bond donors (Lipinski definition) is 1. The first kappa shape index (κ1) is 26.3. The van der Waals surface area contributed by atoms with Gasteiger partial charge in [0.2, 0.25) is 0 Å². The van der Waals surface area contributed by atoms with E-state index in [1.807, 2.05) is 13.0 Å². The molecule has 0 bridgehead atoms. The molecule has 1 aromatic carbocycles. The van der Waals surface area contributed by atoms with Gasteiger partial charge in [0.25, 0.3) is 0 Å². The molecule has 1 aromatic rings. The fourth-order valence-corrected chi connectivity index (χ4v) is 7.07. The zero-order valence-electron chi connectivity index (χ0n) is 20.8. The van der Waals surface area contributed by atoms with Gasteiger partial charge in [-0.1, -0.05) is 81.7 Å². The summed E-state index contributed by atoms with van der Waals surface area (Å²) >= 11 is 13.8. The Hall–Kier alpha value is -1.26. The number of carboxylic acid groups (broad SMARTS) is 1. The van der Waals surface area contributed by atoms with E-state index in [-0.39, 0.29) is 17.3 Å². The molecule has 3 atom stereocenters. The van der Waals surface area contributed by atoms with Crippen molar-refractivity contribution >= 4 is 34.9 Å². The monoisotopic (exact) mass is 495 g/mol. The van der Waals surface area contributed by atoms with Gasteiger partial charge in [0.15, 0.2) is 0 Å². The summed E-state index contributed by atoms with van der Waals surface area (Å²) in [5.41, 5.74) is 2.45. The minimum Gasteiger partial charge on any atom is -0.481 e. The number of unbranched alkanes of at least 4 members (excludes halogenated alkanes) is 4. The van der Waals surface area contributed by atoms with Crippen molar-refractivity contribution in [3.8, 4) is 0 Å². The van der Waals surface area contributed by atoms with Crippen molar-refractivity contribution in [3.05, 3.63) is 32.8 Å². The molecule has 0 amide bonds. The van der Waals surface area contributed by atoms with Gasteiger partial charge < -0.3 is 9.94 Å². The van der Waals surface area contributed by atoms with Crippen LogP contribution < -0.4 is 0 Å². The predicted octanol–water partition coefficient (Wildman–Crippen LogP) is 8.36. The second kappa shape index (κ2) is 10.6. The molecule has 0 heterocycles. The fraction of sp³-hybridized carbons (Fsp3) is 0.704. The smallest absolute Gasteiger partial charge is 0.309 e. The summed E-state index contributed by atoms with van der Waals surface area (Å²) in [5.74, 6) is -0.682. The average molecular weight is 497 g/mol. The third-order valence-corrected chi connectivity index (χ3v) is 8.77. The third kappa shape index (κ3) is 4.93. The summed E-state index contributed by atoms with van der Waals surface area (Å²) in [4.78, 5) is 18.2. The molecule has 184 valence electrons. The second-order valence-corrected chi connectivity index (χ2v) is 11.5. The lowest BCUT2D eigenvalue weighted by Crippen LogP contribution is -2.53. The van der Waals surface area contributed by atoms with Crippen molar-refractivity contribution in [2.24, 2.45) is 16.5 Å². The van der Waals surface area contributed by atoms with E-state index in [0.717, 1.165) is 48.1 Å². The lowest BCUT2D eigenvalue weighted by molar-refractivity contribution is -0.156. The number of rotatable bonds is 9. The zero-order valence-corrected chi connectivity index (χ0v) is 22.3. The fourth-order valence-electron chi connectivity index (χ4n) is 6.07. The van der Waals surface area contributed by atoms with Crippen LogP contribution in [0.15, 0.2) is 11.2 Å². The van der Waals surface area contributed by atoms with Crippen LogP contribution in [0.3, 0.4) is 0 Å². The van der Waals surface area contributed by atoms with Crippen LogP contribution in [0.5, 0.6) is 0 Å². The minimum absolute atomic E-state index is 0.104. The Morgan fingerprint density at radius 3 is 2.55 bits per heavy atom. The maximum absolute atomic E-state index is 12.4. The first-order valence-corrected chi connectivity index (χ1v) is 13.3. The highest BCUT2D eigenvalue weighted by atomic mass is 35.5. The van der Waals surface area contributed by atoms with Crippen LogP contribution in [0.1, 0.15) is 115 Å². The van der Waals surface area contributed by atoms with Crippen molar-refractivity contribution < 1.29 is 14.7 Å². The number of oxime groups is 1. The van der Waals surface area contributed by atoms with Crippen molar-refractivity contribution in [3.63, 3.8) is 0 Å². The topological polar surface area (TPSA) is 58.9 Å². The second-order valence-electron chi connectivity index (χ2n) is 10.7. The molecule has 0 aromatic heterocycles. The van der Waals surface area contributed by atoms with Crippen molar-refractivity contribution in [1.29, 1.82) is 0 Å². The van der Waals surface area contributed by atoms with Crippen LogP contribution in [0.25, 0.3) is 0 Å². The quantitative estimate of drug-likeness (QED) is 0.276. The SMILES string of the molecule is CCCCCCCO/N=C1\C[C@H]2[C@](C)(C(=O)O)CCC[C@]2(C)c2cc(Cl)c(C(C)C)c(Cl)c21. The maximum atomic E-state index is 12.4. The van der Waals surface area contributed by atoms with Gasteiger partial charge in [0, 0.05) is 10.6 Å². The molecule has 1 saturated carbocycles. The number of hydrogen-bond acceptors (Lipinski definition) is 3. The highest BCUT2D eigenvalue weighted by Gasteiger charge is 2.57. The lowest BCUT2D eigenvalue weighted by Gasteiger charge is -2.53. The zero-order chi connectivity index (χ0) is 24.4. The molecule has 1 N–H and O–H groups in total. The highest BCUT2D eigenvalue weighted by Crippen LogP contribution is 2.59. The molecule has 3 rings (SSSR count). The van der Waals surface area contributed by atoms with Gasteiger partial charge in [-0.25, -0.2) is 0 Å². The normalized spacial score (nSPS) is 28.0. The largest absolute Gasteiger partial charge is 0.481 e. The van der Waals surface area contributed by atoms with Crippen molar-refractivity contribution in [2.75, 3.05) is 6.61 Å². The summed E-state index contributed by atoms with van der Waals surface area (Å²) in [7, 11) is 0. The van der Waals surface area contributed by atoms with E-state index >= 15 is 0 Å². The van der Waals surface area contributed by atoms with Gasteiger partial charge in [-0.15, -0.1) is 0 Å². The summed E-state index contributed by atoms with van der Waals surface area (Å²) in [6.07, 6.45) is 8.72.